The number of anilines is 1. The Balaban J connectivity index is 1.93. The standard InChI is InChI=1S/C23H29N3O4/c1-6-11-24-23(29)19-12-26(17-9-7-8-10-18(17)30-19)15(4)22(28)21-13(2)20(16(5)27)14(3)25-21/h7-10,15,19,25H,6,11-12H2,1-5H3,(H,24,29)/t15-,19-/m0/s1. The molecule has 160 valence electrons. The Kier molecular flexibility index (Phi) is 6.29. The lowest BCUT2D eigenvalue weighted by atomic mass is 10.0. The molecule has 0 saturated carbocycles. The number of ketones is 2. The third-order valence-corrected chi connectivity index (χ3v) is 5.53. The number of aromatic amines is 1. The van der Waals surface area contributed by atoms with E-state index in [-0.39, 0.29) is 24.0 Å². The molecule has 1 aromatic carbocycles. The minimum Gasteiger partial charge on any atom is -0.477 e. The maximum Gasteiger partial charge on any atom is 0.262 e. The fraction of sp³-hybridized carbons (Fsp3) is 0.435. The van der Waals surface area contributed by atoms with Gasteiger partial charge in [-0.3, -0.25) is 14.4 Å². The molecule has 1 aliphatic rings. The molecule has 2 heterocycles. The highest BCUT2D eigenvalue weighted by molar-refractivity contribution is 6.06. The first kappa shape index (κ1) is 21.6. The third kappa shape index (κ3) is 3.97. The van der Waals surface area contributed by atoms with E-state index in [0.29, 0.717) is 34.8 Å². The van der Waals surface area contributed by atoms with Gasteiger partial charge in [-0.25, -0.2) is 0 Å². The number of rotatable bonds is 7. The van der Waals surface area contributed by atoms with E-state index in [0.717, 1.165) is 12.1 Å². The molecule has 0 spiro atoms. The van der Waals surface area contributed by atoms with Crippen LogP contribution in [0.4, 0.5) is 5.69 Å². The molecule has 0 fully saturated rings. The van der Waals surface area contributed by atoms with Crippen molar-refractivity contribution >= 4 is 23.2 Å². The van der Waals surface area contributed by atoms with Crippen molar-refractivity contribution in [1.82, 2.24) is 10.3 Å². The molecule has 0 saturated heterocycles. The molecule has 2 N–H and O–H groups in total. The van der Waals surface area contributed by atoms with Gasteiger partial charge in [0.1, 0.15) is 5.75 Å². The van der Waals surface area contributed by atoms with E-state index in [1.807, 2.05) is 36.9 Å². The van der Waals surface area contributed by atoms with Gasteiger partial charge in [-0.05, 0) is 51.8 Å². The number of Topliss-reactive ketones (excluding diaryl/α,β-unsaturated/α-hetero) is 2. The molecule has 0 radical (unpaired) electrons. The number of carbonyl (C=O) groups is 3. The van der Waals surface area contributed by atoms with Gasteiger partial charge in [-0.2, -0.15) is 0 Å². The molecule has 0 unspecified atom stereocenters. The number of ether oxygens (including phenoxy) is 1. The number of para-hydroxylation sites is 2. The van der Waals surface area contributed by atoms with Crippen LogP contribution in [0.2, 0.25) is 0 Å². The molecule has 3 rings (SSSR count). The number of nitrogens with one attached hydrogen (secondary N) is 2. The highest BCUT2D eigenvalue weighted by atomic mass is 16.5. The zero-order chi connectivity index (χ0) is 22.0. The first-order chi connectivity index (χ1) is 14.3. The van der Waals surface area contributed by atoms with Gasteiger partial charge in [0, 0.05) is 17.8 Å². The van der Waals surface area contributed by atoms with E-state index in [1.54, 1.807) is 19.9 Å². The largest absolute Gasteiger partial charge is 0.477 e. The average molecular weight is 412 g/mol. The van der Waals surface area contributed by atoms with E-state index in [2.05, 4.69) is 10.3 Å². The fourth-order valence-electron chi connectivity index (χ4n) is 4.00. The summed E-state index contributed by atoms with van der Waals surface area (Å²) in [6, 6.07) is 6.85. The third-order valence-electron chi connectivity index (χ3n) is 5.53. The number of hydrogen-bond acceptors (Lipinski definition) is 5. The molecular weight excluding hydrogens is 382 g/mol. The zero-order valence-electron chi connectivity index (χ0n) is 18.2. The predicted molar refractivity (Wildman–Crippen MR) is 116 cm³/mol. The summed E-state index contributed by atoms with van der Waals surface area (Å²) in [5, 5.41) is 2.87. The zero-order valence-corrected chi connectivity index (χ0v) is 18.2. The number of fused-ring (bicyclic) bond motifs is 1. The van der Waals surface area contributed by atoms with Gasteiger partial charge >= 0.3 is 0 Å². The minimum atomic E-state index is -0.707. The Morgan fingerprint density at radius 3 is 2.60 bits per heavy atom. The normalized spacial score (nSPS) is 16.4. The first-order valence-corrected chi connectivity index (χ1v) is 10.3. The van der Waals surface area contributed by atoms with Crippen LogP contribution < -0.4 is 15.0 Å². The highest BCUT2D eigenvalue weighted by Gasteiger charge is 2.36. The summed E-state index contributed by atoms with van der Waals surface area (Å²) in [4.78, 5) is 42.9. The second-order valence-corrected chi connectivity index (χ2v) is 7.74. The van der Waals surface area contributed by atoms with Gasteiger partial charge in [-0.1, -0.05) is 19.1 Å². The molecule has 7 nitrogen and oxygen atoms in total. The van der Waals surface area contributed by atoms with Crippen LogP contribution in [0.25, 0.3) is 0 Å². The molecule has 2 aromatic rings. The van der Waals surface area contributed by atoms with Crippen LogP contribution in [-0.4, -0.2) is 47.7 Å². The van der Waals surface area contributed by atoms with Gasteiger partial charge in [0.25, 0.3) is 5.91 Å². The van der Waals surface area contributed by atoms with Gasteiger partial charge in [0.05, 0.1) is 24.0 Å². The summed E-state index contributed by atoms with van der Waals surface area (Å²) in [7, 11) is 0. The summed E-state index contributed by atoms with van der Waals surface area (Å²) in [5.41, 5.74) is 3.11. The summed E-state index contributed by atoms with van der Waals surface area (Å²) in [6.07, 6.45) is 0.123. The van der Waals surface area contributed by atoms with Crippen molar-refractivity contribution < 1.29 is 19.1 Å². The number of aryl methyl sites for hydroxylation is 1. The molecular formula is C23H29N3O4. The van der Waals surface area contributed by atoms with Gasteiger partial charge in [0.2, 0.25) is 5.78 Å². The first-order valence-electron chi connectivity index (χ1n) is 10.3. The van der Waals surface area contributed by atoms with Crippen molar-refractivity contribution in [2.24, 2.45) is 0 Å². The predicted octanol–water partition coefficient (Wildman–Crippen LogP) is 3.20. The number of H-pyrrole nitrogens is 1. The molecule has 1 aromatic heterocycles. The number of aromatic nitrogens is 1. The quantitative estimate of drug-likeness (QED) is 0.683. The highest BCUT2D eigenvalue weighted by Crippen LogP contribution is 2.35. The topological polar surface area (TPSA) is 91.5 Å². The molecule has 0 aliphatic carbocycles. The van der Waals surface area contributed by atoms with E-state index in [9.17, 15) is 14.4 Å². The van der Waals surface area contributed by atoms with E-state index in [1.165, 1.54) is 6.92 Å². The van der Waals surface area contributed by atoms with Crippen LogP contribution >= 0.6 is 0 Å². The lowest BCUT2D eigenvalue weighted by molar-refractivity contribution is -0.127. The fourth-order valence-corrected chi connectivity index (χ4v) is 4.00. The Hall–Kier alpha value is -3.09. The average Bonchev–Trinajstić information content (AvgIpc) is 3.04. The van der Waals surface area contributed by atoms with E-state index in [4.69, 9.17) is 4.74 Å². The maximum absolute atomic E-state index is 13.4. The van der Waals surface area contributed by atoms with Crippen molar-refractivity contribution in [3.63, 3.8) is 0 Å². The number of hydrogen-bond donors (Lipinski definition) is 2. The van der Waals surface area contributed by atoms with E-state index < -0.39 is 12.1 Å². The number of carbonyl (C=O) groups excluding carboxylic acids is 3. The molecule has 1 amide bonds. The monoisotopic (exact) mass is 411 g/mol. The van der Waals surface area contributed by atoms with Gasteiger partial charge in [0.15, 0.2) is 11.9 Å². The van der Waals surface area contributed by atoms with Gasteiger partial charge in [-0.15, -0.1) is 0 Å². The number of benzene rings is 1. The van der Waals surface area contributed by atoms with Crippen LogP contribution in [0.3, 0.4) is 0 Å². The Bertz CT molecular complexity index is 979. The van der Waals surface area contributed by atoms with Crippen LogP contribution in [-0.2, 0) is 4.79 Å². The van der Waals surface area contributed by atoms with Crippen LogP contribution in [0, 0.1) is 13.8 Å². The van der Waals surface area contributed by atoms with Crippen molar-refractivity contribution in [3.05, 3.63) is 46.8 Å². The summed E-state index contributed by atoms with van der Waals surface area (Å²) < 4.78 is 5.92. The van der Waals surface area contributed by atoms with Crippen molar-refractivity contribution in [3.8, 4) is 5.75 Å². The maximum atomic E-state index is 13.4. The molecule has 2 atom stereocenters. The summed E-state index contributed by atoms with van der Waals surface area (Å²) in [5.74, 6) is 0.176. The number of nitrogens with zero attached hydrogens (tertiary/aromatic N) is 1. The van der Waals surface area contributed by atoms with Crippen LogP contribution in [0.1, 0.15) is 59.3 Å². The van der Waals surface area contributed by atoms with Crippen LogP contribution in [0.5, 0.6) is 5.75 Å². The minimum absolute atomic E-state index is 0.0719. The smallest absolute Gasteiger partial charge is 0.262 e. The Morgan fingerprint density at radius 1 is 1.27 bits per heavy atom. The lowest BCUT2D eigenvalue weighted by Gasteiger charge is -2.38. The molecule has 1 aliphatic heterocycles. The SMILES string of the molecule is CCCNC(=O)[C@@H]1CN([C@@H](C)C(=O)c2[nH]c(C)c(C(C)=O)c2C)c2ccccc2O1. The molecule has 30 heavy (non-hydrogen) atoms. The lowest BCUT2D eigenvalue weighted by Crippen LogP contribution is -2.53. The van der Waals surface area contributed by atoms with Crippen LogP contribution in [0.15, 0.2) is 24.3 Å². The van der Waals surface area contributed by atoms with Gasteiger partial charge < -0.3 is 19.9 Å². The Labute approximate surface area is 176 Å². The Morgan fingerprint density at radius 2 is 1.97 bits per heavy atom. The van der Waals surface area contributed by atoms with E-state index >= 15 is 0 Å². The summed E-state index contributed by atoms with van der Waals surface area (Å²) >= 11 is 0. The second kappa shape index (κ2) is 8.73. The molecule has 0 bridgehead atoms. The van der Waals surface area contributed by atoms with Crippen molar-refractivity contribution in [1.29, 1.82) is 0 Å². The van der Waals surface area contributed by atoms with Crippen molar-refractivity contribution in [2.45, 2.75) is 53.2 Å². The van der Waals surface area contributed by atoms with Crippen molar-refractivity contribution in [2.75, 3.05) is 18.0 Å². The number of amides is 1. The second-order valence-electron chi connectivity index (χ2n) is 7.74. The summed E-state index contributed by atoms with van der Waals surface area (Å²) in [6.45, 7) is 9.71. The molecule has 7 heteroatoms.